The standard InChI is InChI=1S/C14H16N4O2/c1-2-20-13-8-7-10(9-16-13)17-14(19)11-5-3-4-6-12(11)18-15/h3-9,18H,2,15H2,1H3,(H,17,19). The van der Waals surface area contributed by atoms with E-state index in [9.17, 15) is 4.79 Å². The van der Waals surface area contributed by atoms with Gasteiger partial charge >= 0.3 is 0 Å². The fourth-order valence-corrected chi connectivity index (χ4v) is 1.69. The number of para-hydroxylation sites is 1. The number of nitrogen functional groups attached to an aromatic ring is 1. The third-order valence-corrected chi connectivity index (χ3v) is 2.61. The molecule has 0 atom stereocenters. The number of nitrogens with two attached hydrogens (primary N) is 1. The lowest BCUT2D eigenvalue weighted by Gasteiger charge is -2.09. The first-order valence-electron chi connectivity index (χ1n) is 6.20. The predicted octanol–water partition coefficient (Wildman–Crippen LogP) is 2.02. The average Bonchev–Trinajstić information content (AvgIpc) is 2.49. The second-order valence-electron chi connectivity index (χ2n) is 3.96. The molecule has 0 aliphatic heterocycles. The fraction of sp³-hybridized carbons (Fsp3) is 0.143. The normalized spacial score (nSPS) is 9.90. The molecule has 0 unspecified atom stereocenters. The van der Waals surface area contributed by atoms with Crippen molar-refractivity contribution in [1.29, 1.82) is 0 Å². The minimum absolute atomic E-state index is 0.260. The van der Waals surface area contributed by atoms with Gasteiger partial charge < -0.3 is 15.5 Å². The first-order valence-corrected chi connectivity index (χ1v) is 6.20. The topological polar surface area (TPSA) is 89.3 Å². The fourth-order valence-electron chi connectivity index (χ4n) is 1.69. The molecule has 0 saturated heterocycles. The Kier molecular flexibility index (Phi) is 4.52. The first-order chi connectivity index (χ1) is 9.74. The van der Waals surface area contributed by atoms with Crippen LogP contribution in [0.4, 0.5) is 11.4 Å². The smallest absolute Gasteiger partial charge is 0.257 e. The molecule has 0 aliphatic carbocycles. The molecule has 1 aromatic carbocycles. The molecule has 2 rings (SSSR count). The van der Waals surface area contributed by atoms with E-state index in [0.717, 1.165) is 0 Å². The van der Waals surface area contributed by atoms with Crippen LogP contribution in [0.25, 0.3) is 0 Å². The lowest BCUT2D eigenvalue weighted by Crippen LogP contribution is -2.17. The minimum atomic E-state index is -0.260. The molecule has 0 bridgehead atoms. The lowest BCUT2D eigenvalue weighted by molar-refractivity contribution is 0.102. The third kappa shape index (κ3) is 3.24. The average molecular weight is 272 g/mol. The van der Waals surface area contributed by atoms with Gasteiger partial charge in [-0.25, -0.2) is 4.98 Å². The molecule has 0 fully saturated rings. The SMILES string of the molecule is CCOc1ccc(NC(=O)c2ccccc2NN)cn1. The molecular weight excluding hydrogens is 256 g/mol. The summed E-state index contributed by atoms with van der Waals surface area (Å²) in [5.74, 6) is 5.64. The number of benzene rings is 1. The van der Waals surface area contributed by atoms with Crippen LogP contribution >= 0.6 is 0 Å². The van der Waals surface area contributed by atoms with Gasteiger partial charge in [0.2, 0.25) is 5.88 Å². The van der Waals surface area contributed by atoms with Crippen LogP contribution < -0.4 is 21.3 Å². The number of ether oxygens (including phenoxy) is 1. The Hall–Kier alpha value is -2.60. The van der Waals surface area contributed by atoms with Gasteiger partial charge in [-0.2, -0.15) is 0 Å². The van der Waals surface area contributed by atoms with E-state index in [1.165, 1.54) is 0 Å². The molecular formula is C14H16N4O2. The molecule has 1 amide bonds. The molecule has 1 heterocycles. The highest BCUT2D eigenvalue weighted by molar-refractivity contribution is 6.07. The number of carbonyl (C=O) groups is 1. The highest BCUT2D eigenvalue weighted by atomic mass is 16.5. The van der Waals surface area contributed by atoms with E-state index >= 15 is 0 Å². The van der Waals surface area contributed by atoms with Gasteiger partial charge in [-0.05, 0) is 25.1 Å². The summed E-state index contributed by atoms with van der Waals surface area (Å²) < 4.78 is 5.24. The van der Waals surface area contributed by atoms with Crippen LogP contribution in [0.5, 0.6) is 5.88 Å². The number of carbonyl (C=O) groups excluding carboxylic acids is 1. The van der Waals surface area contributed by atoms with Crippen LogP contribution in [-0.2, 0) is 0 Å². The van der Waals surface area contributed by atoms with Gasteiger partial charge in [-0.15, -0.1) is 0 Å². The molecule has 6 nitrogen and oxygen atoms in total. The van der Waals surface area contributed by atoms with Crippen LogP contribution in [0, 0.1) is 0 Å². The maximum atomic E-state index is 12.1. The van der Waals surface area contributed by atoms with Crippen molar-refractivity contribution in [3.05, 3.63) is 48.2 Å². The van der Waals surface area contributed by atoms with E-state index < -0.39 is 0 Å². The summed E-state index contributed by atoms with van der Waals surface area (Å²) in [6, 6.07) is 10.4. The second kappa shape index (κ2) is 6.53. The number of rotatable bonds is 5. The highest BCUT2D eigenvalue weighted by Crippen LogP contribution is 2.17. The number of hydrogen-bond donors (Lipinski definition) is 3. The zero-order valence-corrected chi connectivity index (χ0v) is 11.1. The molecule has 1 aromatic heterocycles. The Morgan fingerprint density at radius 3 is 2.75 bits per heavy atom. The molecule has 4 N–H and O–H groups in total. The molecule has 20 heavy (non-hydrogen) atoms. The quantitative estimate of drug-likeness (QED) is 0.572. The Morgan fingerprint density at radius 1 is 1.30 bits per heavy atom. The van der Waals surface area contributed by atoms with Crippen LogP contribution in [0.15, 0.2) is 42.6 Å². The number of hydrogen-bond acceptors (Lipinski definition) is 5. The van der Waals surface area contributed by atoms with Crippen molar-refractivity contribution in [2.24, 2.45) is 5.84 Å². The van der Waals surface area contributed by atoms with Gasteiger partial charge in [0.15, 0.2) is 0 Å². The van der Waals surface area contributed by atoms with Gasteiger partial charge in [-0.1, -0.05) is 12.1 Å². The highest BCUT2D eigenvalue weighted by Gasteiger charge is 2.10. The van der Waals surface area contributed by atoms with Gasteiger partial charge in [0.1, 0.15) is 0 Å². The van der Waals surface area contributed by atoms with Crippen LogP contribution in [0.2, 0.25) is 0 Å². The van der Waals surface area contributed by atoms with Crippen molar-refractivity contribution in [2.45, 2.75) is 6.92 Å². The van der Waals surface area contributed by atoms with Crippen molar-refractivity contribution in [3.8, 4) is 5.88 Å². The monoisotopic (exact) mass is 272 g/mol. The Morgan fingerprint density at radius 2 is 2.10 bits per heavy atom. The number of aromatic nitrogens is 1. The van der Waals surface area contributed by atoms with Gasteiger partial charge in [-0.3, -0.25) is 10.6 Å². The summed E-state index contributed by atoms with van der Waals surface area (Å²) in [7, 11) is 0. The van der Waals surface area contributed by atoms with Crippen LogP contribution in [0.1, 0.15) is 17.3 Å². The molecule has 6 heteroatoms. The minimum Gasteiger partial charge on any atom is -0.478 e. The summed E-state index contributed by atoms with van der Waals surface area (Å²) in [6.07, 6.45) is 1.54. The van der Waals surface area contributed by atoms with Crippen LogP contribution in [-0.4, -0.2) is 17.5 Å². The van der Waals surface area contributed by atoms with E-state index in [-0.39, 0.29) is 5.91 Å². The Labute approximate surface area is 116 Å². The van der Waals surface area contributed by atoms with E-state index in [1.807, 2.05) is 6.92 Å². The zero-order valence-electron chi connectivity index (χ0n) is 11.1. The van der Waals surface area contributed by atoms with Crippen molar-refractivity contribution < 1.29 is 9.53 Å². The van der Waals surface area contributed by atoms with Crippen molar-refractivity contribution in [3.63, 3.8) is 0 Å². The maximum absolute atomic E-state index is 12.1. The van der Waals surface area contributed by atoms with E-state index in [2.05, 4.69) is 15.7 Å². The van der Waals surface area contributed by atoms with Gasteiger partial charge in [0, 0.05) is 6.07 Å². The molecule has 0 radical (unpaired) electrons. The van der Waals surface area contributed by atoms with E-state index in [1.54, 1.807) is 42.6 Å². The number of pyridine rings is 1. The predicted molar refractivity (Wildman–Crippen MR) is 77.6 cm³/mol. The largest absolute Gasteiger partial charge is 0.478 e. The summed E-state index contributed by atoms with van der Waals surface area (Å²) in [6.45, 7) is 2.43. The number of anilines is 2. The maximum Gasteiger partial charge on any atom is 0.257 e. The second-order valence-corrected chi connectivity index (χ2v) is 3.96. The summed E-state index contributed by atoms with van der Waals surface area (Å²) >= 11 is 0. The number of nitrogens with zero attached hydrogens (tertiary/aromatic N) is 1. The van der Waals surface area contributed by atoms with E-state index in [0.29, 0.717) is 29.4 Å². The van der Waals surface area contributed by atoms with E-state index in [4.69, 9.17) is 10.6 Å². The Balaban J connectivity index is 2.11. The van der Waals surface area contributed by atoms with Gasteiger partial charge in [0.05, 0.1) is 29.7 Å². The molecule has 0 aliphatic rings. The number of hydrazine groups is 1. The lowest BCUT2D eigenvalue weighted by atomic mass is 10.1. The molecule has 2 aromatic rings. The summed E-state index contributed by atoms with van der Waals surface area (Å²) in [4.78, 5) is 16.2. The van der Waals surface area contributed by atoms with Crippen molar-refractivity contribution in [1.82, 2.24) is 4.98 Å². The van der Waals surface area contributed by atoms with Crippen molar-refractivity contribution >= 4 is 17.3 Å². The van der Waals surface area contributed by atoms with Gasteiger partial charge in [0.25, 0.3) is 5.91 Å². The number of nitrogens with one attached hydrogen (secondary N) is 2. The zero-order chi connectivity index (χ0) is 14.4. The molecule has 0 saturated carbocycles. The summed E-state index contributed by atoms with van der Waals surface area (Å²) in [5, 5.41) is 2.75. The molecule has 104 valence electrons. The number of amides is 1. The summed E-state index contributed by atoms with van der Waals surface area (Å²) in [5.41, 5.74) is 4.10. The van der Waals surface area contributed by atoms with Crippen LogP contribution in [0.3, 0.4) is 0 Å². The first kappa shape index (κ1) is 13.8. The third-order valence-electron chi connectivity index (χ3n) is 2.61. The van der Waals surface area contributed by atoms with Crippen molar-refractivity contribution in [2.75, 3.05) is 17.3 Å². The molecule has 0 spiro atoms. The Bertz CT molecular complexity index is 584.